The van der Waals surface area contributed by atoms with Crippen molar-refractivity contribution in [2.24, 2.45) is 0 Å². The van der Waals surface area contributed by atoms with Crippen LogP contribution in [0.5, 0.6) is 0 Å². The van der Waals surface area contributed by atoms with Crippen molar-refractivity contribution in [1.29, 1.82) is 0 Å². The van der Waals surface area contributed by atoms with Crippen LogP contribution in [0, 0.1) is 0 Å². The monoisotopic (exact) mass is 272 g/mol. The fourth-order valence-corrected chi connectivity index (χ4v) is 4.55. The Morgan fingerprint density at radius 2 is 1.16 bits per heavy atom. The molecule has 0 saturated carbocycles. The van der Waals surface area contributed by atoms with E-state index in [4.69, 9.17) is 0 Å². The van der Waals surface area contributed by atoms with Gasteiger partial charge in [-0.3, -0.25) is 0 Å². The minimum atomic E-state index is -2.54. The van der Waals surface area contributed by atoms with Crippen molar-refractivity contribution in [3.8, 4) is 0 Å². The molecule has 0 aromatic heterocycles. The van der Waals surface area contributed by atoms with Gasteiger partial charge in [0.2, 0.25) is 0 Å². The number of anilines is 2. The molecule has 0 aliphatic carbocycles. The smallest absolute Gasteiger partial charge is 0.178 e. The summed E-state index contributed by atoms with van der Waals surface area (Å²) < 4.78 is 4.06. The van der Waals surface area contributed by atoms with Gasteiger partial charge >= 0.3 is 0 Å². The van der Waals surface area contributed by atoms with E-state index in [9.17, 15) is 4.89 Å². The standard InChI is InChI=1S/C15H17N2OP/c1-19(18)16(14-8-4-2-5-9-14)12-13-17(19)15-10-6-3-7-11-15/h2-11,18H,1,12-13H2. The summed E-state index contributed by atoms with van der Waals surface area (Å²) in [6.45, 7) is 1.60. The number of para-hydroxylation sites is 2. The fraction of sp³-hybridized carbons (Fsp3) is 0.133. The van der Waals surface area contributed by atoms with E-state index < -0.39 is 7.41 Å². The zero-order valence-electron chi connectivity index (χ0n) is 10.7. The van der Waals surface area contributed by atoms with E-state index in [0.29, 0.717) is 0 Å². The Hall–Kier alpha value is -1.70. The molecule has 1 saturated heterocycles. The highest BCUT2D eigenvalue weighted by molar-refractivity contribution is 7.71. The van der Waals surface area contributed by atoms with Crippen molar-refractivity contribution in [3.63, 3.8) is 0 Å². The molecular weight excluding hydrogens is 255 g/mol. The summed E-state index contributed by atoms with van der Waals surface area (Å²) in [5, 5.41) is 0. The lowest BCUT2D eigenvalue weighted by Gasteiger charge is -2.33. The van der Waals surface area contributed by atoms with Crippen LogP contribution in [-0.2, 0) is 0 Å². The Balaban J connectivity index is 1.95. The molecule has 3 nitrogen and oxygen atoms in total. The molecular formula is C15H17N2OP. The molecule has 4 heteroatoms. The summed E-state index contributed by atoms with van der Waals surface area (Å²) in [5.74, 6) is 0. The average Bonchev–Trinajstić information content (AvgIpc) is 2.76. The Bertz CT molecular complexity index is 549. The maximum Gasteiger partial charge on any atom is 0.178 e. The zero-order valence-corrected chi connectivity index (χ0v) is 11.6. The summed E-state index contributed by atoms with van der Waals surface area (Å²) in [6.07, 6.45) is 4.10. The maximum absolute atomic E-state index is 10.9. The summed E-state index contributed by atoms with van der Waals surface area (Å²) in [7, 11) is -2.54. The van der Waals surface area contributed by atoms with E-state index >= 15 is 0 Å². The molecule has 0 radical (unpaired) electrons. The lowest BCUT2D eigenvalue weighted by molar-refractivity contribution is 0.619. The third-order valence-electron chi connectivity index (χ3n) is 3.41. The van der Waals surface area contributed by atoms with E-state index in [0.717, 1.165) is 24.5 Å². The highest BCUT2D eigenvalue weighted by Crippen LogP contribution is 2.56. The molecule has 2 aromatic rings. The largest absolute Gasteiger partial charge is 0.343 e. The molecule has 0 spiro atoms. The number of rotatable bonds is 2. The van der Waals surface area contributed by atoms with Crippen LogP contribution in [0.4, 0.5) is 11.4 Å². The maximum atomic E-state index is 10.9. The predicted molar refractivity (Wildman–Crippen MR) is 83.8 cm³/mol. The molecule has 2 aromatic carbocycles. The molecule has 19 heavy (non-hydrogen) atoms. The Morgan fingerprint density at radius 1 is 0.789 bits per heavy atom. The molecule has 1 fully saturated rings. The zero-order chi connectivity index (χ0) is 13.3. The van der Waals surface area contributed by atoms with Gasteiger partial charge in [-0.1, -0.05) is 36.4 Å². The molecule has 0 bridgehead atoms. The van der Waals surface area contributed by atoms with Crippen molar-refractivity contribution < 1.29 is 4.89 Å². The molecule has 1 N–H and O–H groups in total. The first-order chi connectivity index (χ1) is 9.19. The van der Waals surface area contributed by atoms with Gasteiger partial charge in [-0.15, -0.1) is 0 Å². The van der Waals surface area contributed by atoms with Crippen LogP contribution in [-0.4, -0.2) is 24.3 Å². The van der Waals surface area contributed by atoms with Crippen LogP contribution in [0.3, 0.4) is 0 Å². The van der Waals surface area contributed by atoms with Crippen LogP contribution >= 0.6 is 7.41 Å². The number of hydrogen-bond donors (Lipinski definition) is 1. The second kappa shape index (κ2) is 4.76. The summed E-state index contributed by atoms with van der Waals surface area (Å²) >= 11 is 0. The van der Waals surface area contributed by atoms with Gasteiger partial charge in [-0.2, -0.15) is 0 Å². The first kappa shape index (κ1) is 12.3. The van der Waals surface area contributed by atoms with Crippen molar-refractivity contribution >= 4 is 25.1 Å². The topological polar surface area (TPSA) is 26.7 Å². The molecule has 0 amide bonds. The van der Waals surface area contributed by atoms with Crippen LogP contribution in [0.15, 0.2) is 60.7 Å². The molecule has 1 aliphatic rings. The highest BCUT2D eigenvalue weighted by atomic mass is 31.2. The minimum Gasteiger partial charge on any atom is -0.343 e. The van der Waals surface area contributed by atoms with E-state index in [1.807, 2.05) is 70.0 Å². The lowest BCUT2D eigenvalue weighted by atomic mass is 10.3. The van der Waals surface area contributed by atoms with E-state index in [1.54, 1.807) is 0 Å². The van der Waals surface area contributed by atoms with Crippen molar-refractivity contribution in [1.82, 2.24) is 0 Å². The van der Waals surface area contributed by atoms with Gasteiger partial charge in [-0.05, 0) is 30.6 Å². The second-order valence-corrected chi connectivity index (χ2v) is 6.96. The van der Waals surface area contributed by atoms with E-state index in [1.165, 1.54) is 0 Å². The average molecular weight is 272 g/mol. The number of nitrogens with zero attached hydrogens (tertiary/aromatic N) is 2. The Labute approximate surface area is 113 Å². The van der Waals surface area contributed by atoms with Gasteiger partial charge in [0.05, 0.1) is 0 Å². The van der Waals surface area contributed by atoms with E-state index in [-0.39, 0.29) is 0 Å². The first-order valence-electron chi connectivity index (χ1n) is 6.32. The van der Waals surface area contributed by atoms with Crippen LogP contribution < -0.4 is 9.34 Å². The fourth-order valence-electron chi connectivity index (χ4n) is 2.47. The van der Waals surface area contributed by atoms with E-state index in [2.05, 4.69) is 6.30 Å². The van der Waals surface area contributed by atoms with Crippen LogP contribution in [0.1, 0.15) is 0 Å². The molecule has 1 aliphatic heterocycles. The second-order valence-electron chi connectivity index (χ2n) is 4.61. The van der Waals surface area contributed by atoms with Crippen molar-refractivity contribution in [2.45, 2.75) is 0 Å². The van der Waals surface area contributed by atoms with Gasteiger partial charge in [0.1, 0.15) is 0 Å². The Morgan fingerprint density at radius 3 is 1.53 bits per heavy atom. The summed E-state index contributed by atoms with van der Waals surface area (Å²) in [6, 6.07) is 20.0. The summed E-state index contributed by atoms with van der Waals surface area (Å²) in [4.78, 5) is 10.9. The molecule has 0 unspecified atom stereocenters. The Kier molecular flexibility index (Phi) is 3.09. The van der Waals surface area contributed by atoms with Crippen molar-refractivity contribution in [2.75, 3.05) is 22.4 Å². The molecule has 0 atom stereocenters. The lowest BCUT2D eigenvalue weighted by Crippen LogP contribution is -2.18. The van der Waals surface area contributed by atoms with Gasteiger partial charge in [0.15, 0.2) is 7.41 Å². The third kappa shape index (κ3) is 2.16. The molecule has 1 heterocycles. The van der Waals surface area contributed by atoms with Crippen molar-refractivity contribution in [3.05, 3.63) is 60.7 Å². The minimum absolute atomic E-state index is 0.798. The normalized spacial score (nSPS) is 17.7. The van der Waals surface area contributed by atoms with Crippen LogP contribution in [0.25, 0.3) is 0 Å². The molecule has 98 valence electrons. The first-order valence-corrected chi connectivity index (χ1v) is 8.15. The number of benzene rings is 2. The quantitative estimate of drug-likeness (QED) is 0.850. The van der Waals surface area contributed by atoms with Gasteiger partial charge in [0, 0.05) is 24.5 Å². The third-order valence-corrected chi connectivity index (χ3v) is 5.81. The SMILES string of the molecule is C=P1(O)N(c2ccccc2)CCN1c1ccccc1. The summed E-state index contributed by atoms with van der Waals surface area (Å²) in [5.41, 5.74) is 2.07. The van der Waals surface area contributed by atoms with Gasteiger partial charge < -0.3 is 14.2 Å². The van der Waals surface area contributed by atoms with Gasteiger partial charge in [0.25, 0.3) is 0 Å². The molecule has 3 rings (SSSR count). The number of hydrogen-bond acceptors (Lipinski definition) is 3. The van der Waals surface area contributed by atoms with Gasteiger partial charge in [-0.25, -0.2) is 0 Å². The van der Waals surface area contributed by atoms with Crippen LogP contribution in [0.2, 0.25) is 0 Å². The predicted octanol–water partition coefficient (Wildman–Crippen LogP) is 3.20. The highest BCUT2D eigenvalue weighted by Gasteiger charge is 2.35.